The Kier molecular flexibility index (Phi) is 11.0. The molecule has 0 aliphatic rings. The van der Waals surface area contributed by atoms with Gasteiger partial charge in [-0.3, -0.25) is 0 Å². The molecule has 112 valence electrons. The van der Waals surface area contributed by atoms with Crippen LogP contribution in [0.4, 0.5) is 0 Å². The third kappa shape index (κ3) is 13.7. The summed E-state index contributed by atoms with van der Waals surface area (Å²) in [5, 5.41) is 0. The summed E-state index contributed by atoms with van der Waals surface area (Å²) in [5.41, 5.74) is 3.05. The molecule has 0 aliphatic carbocycles. The summed E-state index contributed by atoms with van der Waals surface area (Å²) in [4.78, 5) is 0. The number of rotatable bonds is 10. The SMILES string of the molecule is CC(C)=CCCC(C)CCC/C(C)=C/CCC(C)C. The van der Waals surface area contributed by atoms with Crippen LogP contribution in [0.5, 0.6) is 0 Å². The molecule has 0 aliphatic heterocycles. The smallest absolute Gasteiger partial charge is 0.0323 e. The summed E-state index contributed by atoms with van der Waals surface area (Å²) < 4.78 is 0. The van der Waals surface area contributed by atoms with Gasteiger partial charge in [-0.15, -0.1) is 0 Å². The number of hydrogen-bond acceptors (Lipinski definition) is 0. The highest BCUT2D eigenvalue weighted by molar-refractivity contribution is 4.97. The van der Waals surface area contributed by atoms with Gasteiger partial charge in [0.05, 0.1) is 0 Å². The van der Waals surface area contributed by atoms with Crippen molar-refractivity contribution < 1.29 is 0 Å². The van der Waals surface area contributed by atoms with Crippen molar-refractivity contribution in [1.82, 2.24) is 0 Å². The lowest BCUT2D eigenvalue weighted by atomic mass is 9.96. The van der Waals surface area contributed by atoms with Crippen molar-refractivity contribution in [2.24, 2.45) is 11.8 Å². The fourth-order valence-electron chi connectivity index (χ4n) is 2.30. The number of hydrogen-bond donors (Lipinski definition) is 0. The molecule has 0 rings (SSSR count). The van der Waals surface area contributed by atoms with Gasteiger partial charge < -0.3 is 0 Å². The predicted octanol–water partition coefficient (Wildman–Crippen LogP) is 6.92. The Bertz CT molecular complexity index is 264. The van der Waals surface area contributed by atoms with E-state index in [2.05, 4.69) is 53.7 Å². The highest BCUT2D eigenvalue weighted by Crippen LogP contribution is 2.18. The molecule has 1 unspecified atom stereocenters. The molecule has 0 amide bonds. The van der Waals surface area contributed by atoms with Gasteiger partial charge in [-0.1, -0.05) is 50.5 Å². The fraction of sp³-hybridized carbons (Fsp3) is 0.789. The van der Waals surface area contributed by atoms with Crippen LogP contribution in [0, 0.1) is 11.8 Å². The van der Waals surface area contributed by atoms with E-state index in [9.17, 15) is 0 Å². The van der Waals surface area contributed by atoms with Gasteiger partial charge in [0.15, 0.2) is 0 Å². The molecule has 1 atom stereocenters. The minimum Gasteiger partial charge on any atom is -0.0859 e. The molecule has 19 heavy (non-hydrogen) atoms. The van der Waals surface area contributed by atoms with Gasteiger partial charge in [0.2, 0.25) is 0 Å². The fourth-order valence-corrected chi connectivity index (χ4v) is 2.30. The van der Waals surface area contributed by atoms with Crippen molar-refractivity contribution in [3.8, 4) is 0 Å². The van der Waals surface area contributed by atoms with Crippen LogP contribution >= 0.6 is 0 Å². The van der Waals surface area contributed by atoms with Gasteiger partial charge >= 0.3 is 0 Å². The van der Waals surface area contributed by atoms with Crippen molar-refractivity contribution in [2.75, 3.05) is 0 Å². The topological polar surface area (TPSA) is 0 Å². The average Bonchev–Trinajstić information content (AvgIpc) is 2.27. The van der Waals surface area contributed by atoms with E-state index >= 15 is 0 Å². The summed E-state index contributed by atoms with van der Waals surface area (Å²) in [5.74, 6) is 1.71. The summed E-state index contributed by atoms with van der Waals surface area (Å²) in [7, 11) is 0. The standard InChI is InChI=1S/C19H36/c1-16(2)10-7-12-18(5)14-9-15-19(6)13-8-11-17(3)4/h10,13,17-18H,7-9,11-12,14-15H2,1-6H3/b19-13+. The lowest BCUT2D eigenvalue weighted by Crippen LogP contribution is -1.94. The minimum atomic E-state index is 0.833. The van der Waals surface area contributed by atoms with Gasteiger partial charge in [0.25, 0.3) is 0 Å². The maximum absolute atomic E-state index is 2.45. The normalized spacial score (nSPS) is 13.7. The zero-order chi connectivity index (χ0) is 14.7. The van der Waals surface area contributed by atoms with E-state index in [1.807, 2.05) is 0 Å². The van der Waals surface area contributed by atoms with E-state index in [1.165, 1.54) is 50.5 Å². The molecule has 0 bridgehead atoms. The van der Waals surface area contributed by atoms with Crippen LogP contribution < -0.4 is 0 Å². The molecule has 0 heteroatoms. The monoisotopic (exact) mass is 264 g/mol. The first kappa shape index (κ1) is 18.5. The third-order valence-corrected chi connectivity index (χ3v) is 3.72. The quantitative estimate of drug-likeness (QED) is 0.376. The van der Waals surface area contributed by atoms with Crippen molar-refractivity contribution in [3.05, 3.63) is 23.3 Å². The van der Waals surface area contributed by atoms with E-state index < -0.39 is 0 Å². The van der Waals surface area contributed by atoms with E-state index in [0.717, 1.165) is 11.8 Å². The Labute approximate surface area is 122 Å². The second-order valence-electron chi connectivity index (χ2n) is 6.88. The summed E-state index contributed by atoms with van der Waals surface area (Å²) in [6.45, 7) is 13.7. The molecule has 0 N–H and O–H groups in total. The van der Waals surface area contributed by atoms with Gasteiger partial charge in [0, 0.05) is 0 Å². The van der Waals surface area contributed by atoms with Crippen LogP contribution in [0.3, 0.4) is 0 Å². The molecule has 0 saturated heterocycles. The van der Waals surface area contributed by atoms with Gasteiger partial charge in [0.1, 0.15) is 0 Å². The second-order valence-corrected chi connectivity index (χ2v) is 6.88. The van der Waals surface area contributed by atoms with Crippen molar-refractivity contribution >= 4 is 0 Å². The highest BCUT2D eigenvalue weighted by Gasteiger charge is 2.01. The predicted molar refractivity (Wildman–Crippen MR) is 89.5 cm³/mol. The van der Waals surface area contributed by atoms with E-state index in [-0.39, 0.29) is 0 Å². The van der Waals surface area contributed by atoms with Gasteiger partial charge in [-0.2, -0.15) is 0 Å². The van der Waals surface area contributed by atoms with Crippen LogP contribution in [-0.2, 0) is 0 Å². The zero-order valence-electron chi connectivity index (χ0n) is 14.3. The lowest BCUT2D eigenvalue weighted by molar-refractivity contribution is 0.478. The van der Waals surface area contributed by atoms with Gasteiger partial charge in [-0.25, -0.2) is 0 Å². The van der Waals surface area contributed by atoms with Crippen molar-refractivity contribution in [2.45, 2.75) is 86.5 Å². The second kappa shape index (κ2) is 11.3. The van der Waals surface area contributed by atoms with Crippen LogP contribution in [-0.4, -0.2) is 0 Å². The Morgan fingerprint density at radius 1 is 0.842 bits per heavy atom. The molecule has 0 radical (unpaired) electrons. The molecule has 0 aromatic carbocycles. The van der Waals surface area contributed by atoms with Crippen molar-refractivity contribution in [1.29, 1.82) is 0 Å². The van der Waals surface area contributed by atoms with Crippen molar-refractivity contribution in [3.63, 3.8) is 0 Å². The average molecular weight is 264 g/mol. The maximum Gasteiger partial charge on any atom is -0.0323 e. The molecular weight excluding hydrogens is 228 g/mol. The molecule has 0 saturated carbocycles. The summed E-state index contributed by atoms with van der Waals surface area (Å²) in [6.07, 6.45) is 14.1. The van der Waals surface area contributed by atoms with E-state index in [4.69, 9.17) is 0 Å². The molecule has 0 spiro atoms. The van der Waals surface area contributed by atoms with E-state index in [0.29, 0.717) is 0 Å². The van der Waals surface area contributed by atoms with E-state index in [1.54, 1.807) is 5.57 Å². The summed E-state index contributed by atoms with van der Waals surface area (Å²) >= 11 is 0. The Hall–Kier alpha value is -0.520. The zero-order valence-corrected chi connectivity index (χ0v) is 14.3. The molecular formula is C19H36. The van der Waals surface area contributed by atoms with Crippen LogP contribution in [0.1, 0.15) is 86.5 Å². The number of allylic oxidation sites excluding steroid dienone is 4. The molecule has 0 fully saturated rings. The van der Waals surface area contributed by atoms with Crippen LogP contribution in [0.15, 0.2) is 23.3 Å². The first-order valence-electron chi connectivity index (χ1n) is 8.20. The third-order valence-electron chi connectivity index (χ3n) is 3.72. The Balaban J connectivity index is 3.63. The molecule has 0 aromatic rings. The highest BCUT2D eigenvalue weighted by atomic mass is 14.1. The first-order valence-corrected chi connectivity index (χ1v) is 8.20. The molecule has 0 heterocycles. The Morgan fingerprint density at radius 3 is 2.05 bits per heavy atom. The summed E-state index contributed by atoms with van der Waals surface area (Å²) in [6, 6.07) is 0. The molecule has 0 nitrogen and oxygen atoms in total. The van der Waals surface area contributed by atoms with Crippen LogP contribution in [0.2, 0.25) is 0 Å². The Morgan fingerprint density at radius 2 is 1.47 bits per heavy atom. The van der Waals surface area contributed by atoms with Crippen LogP contribution in [0.25, 0.3) is 0 Å². The molecule has 0 aromatic heterocycles. The lowest BCUT2D eigenvalue weighted by Gasteiger charge is -2.10. The first-order chi connectivity index (χ1) is 8.91. The van der Waals surface area contributed by atoms with Gasteiger partial charge in [-0.05, 0) is 71.1 Å². The maximum atomic E-state index is 2.45. The largest absolute Gasteiger partial charge is 0.0859 e. The minimum absolute atomic E-state index is 0.833.